The van der Waals surface area contributed by atoms with Crippen LogP contribution >= 0.6 is 11.3 Å². The number of rotatable bonds is 3. The van der Waals surface area contributed by atoms with Crippen LogP contribution in [0.4, 0.5) is 5.13 Å². The van der Waals surface area contributed by atoms with Crippen molar-refractivity contribution in [1.82, 2.24) is 4.98 Å². The highest BCUT2D eigenvalue weighted by atomic mass is 32.1. The fourth-order valence-electron chi connectivity index (χ4n) is 1.50. The Hall–Kier alpha value is -1.75. The van der Waals surface area contributed by atoms with E-state index in [2.05, 4.69) is 10.3 Å². The number of ether oxygens (including phenoxy) is 2. The van der Waals surface area contributed by atoms with Crippen LogP contribution in [0, 0.1) is 11.3 Å². The number of amides is 1. The van der Waals surface area contributed by atoms with Crippen LogP contribution in [0.3, 0.4) is 0 Å². The number of anilines is 1. The van der Waals surface area contributed by atoms with Gasteiger partial charge in [0.25, 0.3) is 5.91 Å². The summed E-state index contributed by atoms with van der Waals surface area (Å²) in [5.41, 5.74) is -0.467. The van der Waals surface area contributed by atoms with Crippen LogP contribution in [0.15, 0.2) is 23.2 Å². The Morgan fingerprint density at radius 1 is 1.74 bits per heavy atom. The zero-order chi connectivity index (χ0) is 13.9. The SMILES string of the molecule is CC1(C)COC(/C=C(/C#N)C(=O)Nc2nccs2)O1. The fourth-order valence-corrected chi connectivity index (χ4v) is 2.02. The maximum absolute atomic E-state index is 11.8. The van der Waals surface area contributed by atoms with E-state index in [0.29, 0.717) is 11.7 Å². The summed E-state index contributed by atoms with van der Waals surface area (Å²) in [7, 11) is 0. The number of nitrogens with one attached hydrogen (secondary N) is 1. The van der Waals surface area contributed by atoms with E-state index in [-0.39, 0.29) is 5.57 Å². The maximum atomic E-state index is 11.8. The fraction of sp³-hybridized carbons (Fsp3) is 0.417. The molecule has 1 aliphatic heterocycles. The molecule has 1 unspecified atom stereocenters. The lowest BCUT2D eigenvalue weighted by Gasteiger charge is -2.14. The summed E-state index contributed by atoms with van der Waals surface area (Å²) in [6.45, 7) is 4.17. The number of nitrogens with zero attached hydrogens (tertiary/aromatic N) is 2. The van der Waals surface area contributed by atoms with E-state index in [0.717, 1.165) is 0 Å². The van der Waals surface area contributed by atoms with Crippen molar-refractivity contribution in [3.63, 3.8) is 0 Å². The van der Waals surface area contributed by atoms with Gasteiger partial charge in [-0.25, -0.2) is 4.98 Å². The number of thiazole rings is 1. The molecule has 0 aliphatic carbocycles. The molecule has 0 bridgehead atoms. The van der Waals surface area contributed by atoms with Crippen molar-refractivity contribution in [3.05, 3.63) is 23.2 Å². The van der Waals surface area contributed by atoms with Crippen LogP contribution in [-0.2, 0) is 14.3 Å². The maximum Gasteiger partial charge on any atom is 0.267 e. The first-order valence-corrected chi connectivity index (χ1v) is 6.50. The summed E-state index contributed by atoms with van der Waals surface area (Å²) in [4.78, 5) is 15.8. The average molecular weight is 279 g/mol. The Balaban J connectivity index is 2.04. The van der Waals surface area contributed by atoms with Gasteiger partial charge in [-0.05, 0) is 19.9 Å². The first kappa shape index (κ1) is 13.7. The largest absolute Gasteiger partial charge is 0.346 e. The third-order valence-corrected chi connectivity index (χ3v) is 3.04. The van der Waals surface area contributed by atoms with E-state index in [1.807, 2.05) is 19.9 Å². The van der Waals surface area contributed by atoms with Crippen LogP contribution in [-0.4, -0.2) is 29.4 Å². The van der Waals surface area contributed by atoms with Gasteiger partial charge in [-0.15, -0.1) is 11.3 Å². The molecule has 1 fully saturated rings. The summed E-state index contributed by atoms with van der Waals surface area (Å²) in [6, 6.07) is 1.83. The molecule has 1 amide bonds. The van der Waals surface area contributed by atoms with E-state index in [4.69, 9.17) is 14.7 Å². The zero-order valence-electron chi connectivity index (χ0n) is 10.5. The second kappa shape index (κ2) is 5.48. The predicted octanol–water partition coefficient (Wildman–Crippen LogP) is 1.68. The smallest absolute Gasteiger partial charge is 0.267 e. The lowest BCUT2D eigenvalue weighted by molar-refractivity contribution is -0.112. The molecular formula is C12H13N3O3S. The van der Waals surface area contributed by atoms with E-state index >= 15 is 0 Å². The van der Waals surface area contributed by atoms with E-state index in [9.17, 15) is 4.79 Å². The molecule has 0 radical (unpaired) electrons. The monoisotopic (exact) mass is 279 g/mol. The zero-order valence-corrected chi connectivity index (χ0v) is 11.4. The highest BCUT2D eigenvalue weighted by molar-refractivity contribution is 7.13. The normalized spacial score (nSPS) is 21.9. The van der Waals surface area contributed by atoms with Gasteiger partial charge in [-0.2, -0.15) is 5.26 Å². The van der Waals surface area contributed by atoms with Crippen molar-refractivity contribution >= 4 is 22.4 Å². The second-order valence-electron chi connectivity index (χ2n) is 4.54. The summed E-state index contributed by atoms with van der Waals surface area (Å²) >= 11 is 1.28. The Kier molecular flexibility index (Phi) is 3.95. The van der Waals surface area contributed by atoms with Crippen LogP contribution in [0.25, 0.3) is 0 Å². The van der Waals surface area contributed by atoms with Gasteiger partial charge >= 0.3 is 0 Å². The lowest BCUT2D eigenvalue weighted by atomic mass is 10.2. The van der Waals surface area contributed by atoms with Crippen molar-refractivity contribution < 1.29 is 14.3 Å². The molecule has 19 heavy (non-hydrogen) atoms. The predicted molar refractivity (Wildman–Crippen MR) is 69.3 cm³/mol. The van der Waals surface area contributed by atoms with Crippen LogP contribution < -0.4 is 5.32 Å². The Labute approximate surface area is 114 Å². The van der Waals surface area contributed by atoms with Gasteiger partial charge in [-0.3, -0.25) is 10.1 Å². The Morgan fingerprint density at radius 2 is 2.53 bits per heavy atom. The molecule has 1 aromatic heterocycles. The van der Waals surface area contributed by atoms with Gasteiger partial charge in [0.15, 0.2) is 11.4 Å². The molecule has 0 spiro atoms. The quantitative estimate of drug-likeness (QED) is 0.672. The number of aromatic nitrogens is 1. The van der Waals surface area contributed by atoms with Gasteiger partial charge in [0.1, 0.15) is 11.6 Å². The molecule has 100 valence electrons. The Morgan fingerprint density at radius 3 is 3.05 bits per heavy atom. The first-order valence-electron chi connectivity index (χ1n) is 5.62. The third-order valence-electron chi connectivity index (χ3n) is 2.35. The second-order valence-corrected chi connectivity index (χ2v) is 5.44. The number of carbonyl (C=O) groups is 1. The Bertz CT molecular complexity index is 531. The van der Waals surface area contributed by atoms with Crippen LogP contribution in [0.5, 0.6) is 0 Å². The third kappa shape index (κ3) is 3.61. The van der Waals surface area contributed by atoms with Crippen molar-refractivity contribution in [2.45, 2.75) is 25.7 Å². The van der Waals surface area contributed by atoms with Gasteiger partial charge in [0.2, 0.25) is 0 Å². The highest BCUT2D eigenvalue weighted by Gasteiger charge is 2.32. The number of hydrogen-bond acceptors (Lipinski definition) is 6. The minimum atomic E-state index is -0.674. The number of nitriles is 1. The summed E-state index contributed by atoms with van der Waals surface area (Å²) in [5.74, 6) is -0.519. The average Bonchev–Trinajstić information content (AvgIpc) is 2.95. The minimum Gasteiger partial charge on any atom is -0.346 e. The molecule has 1 atom stereocenters. The van der Waals surface area contributed by atoms with Crippen LogP contribution in [0.1, 0.15) is 13.8 Å². The lowest BCUT2D eigenvalue weighted by Crippen LogP contribution is -2.23. The van der Waals surface area contributed by atoms with Crippen LogP contribution in [0.2, 0.25) is 0 Å². The topological polar surface area (TPSA) is 84.2 Å². The van der Waals surface area contributed by atoms with E-state index in [1.165, 1.54) is 17.4 Å². The molecule has 1 saturated heterocycles. The molecule has 1 N–H and O–H groups in total. The van der Waals surface area contributed by atoms with Crippen molar-refractivity contribution in [2.24, 2.45) is 0 Å². The van der Waals surface area contributed by atoms with Gasteiger partial charge < -0.3 is 9.47 Å². The van der Waals surface area contributed by atoms with Crippen molar-refractivity contribution in [1.29, 1.82) is 5.26 Å². The molecule has 1 aromatic rings. The van der Waals surface area contributed by atoms with Crippen molar-refractivity contribution in [3.8, 4) is 6.07 Å². The van der Waals surface area contributed by atoms with Gasteiger partial charge in [0.05, 0.1) is 12.2 Å². The van der Waals surface area contributed by atoms with E-state index < -0.39 is 17.8 Å². The summed E-state index contributed by atoms with van der Waals surface area (Å²) in [5, 5.41) is 13.7. The molecule has 1 aliphatic rings. The first-order chi connectivity index (χ1) is 9.00. The molecule has 2 rings (SSSR count). The molecule has 6 nitrogen and oxygen atoms in total. The molecule has 7 heteroatoms. The number of hydrogen-bond donors (Lipinski definition) is 1. The number of carbonyl (C=O) groups excluding carboxylic acids is 1. The van der Waals surface area contributed by atoms with E-state index in [1.54, 1.807) is 11.6 Å². The minimum absolute atomic E-state index is 0.0575. The molecule has 0 aromatic carbocycles. The molecule has 0 saturated carbocycles. The van der Waals surface area contributed by atoms with Crippen molar-refractivity contribution in [2.75, 3.05) is 11.9 Å². The highest BCUT2D eigenvalue weighted by Crippen LogP contribution is 2.23. The molecular weight excluding hydrogens is 266 g/mol. The standard InChI is InChI=1S/C12H13N3O3S/c1-12(2)7-17-9(18-12)5-8(6-13)10(16)15-11-14-3-4-19-11/h3-5,9H,7H2,1-2H3,(H,14,15,16)/b8-5-. The summed E-state index contributed by atoms with van der Waals surface area (Å²) in [6.07, 6.45) is 2.27. The molecule has 2 heterocycles. The summed E-state index contributed by atoms with van der Waals surface area (Å²) < 4.78 is 10.9. The van der Waals surface area contributed by atoms with Gasteiger partial charge in [-0.1, -0.05) is 0 Å². The van der Waals surface area contributed by atoms with Gasteiger partial charge in [0, 0.05) is 11.6 Å².